The maximum Gasteiger partial charge on any atom is 0.336 e. The van der Waals surface area contributed by atoms with E-state index in [1.165, 1.54) is 4.90 Å². The molecule has 0 aliphatic carbocycles. The Hall–Kier alpha value is -2.02. The first-order valence-electron chi connectivity index (χ1n) is 5.60. The summed E-state index contributed by atoms with van der Waals surface area (Å²) in [5, 5.41) is 18.2. The Morgan fingerprint density at radius 1 is 1.21 bits per heavy atom. The summed E-state index contributed by atoms with van der Waals surface area (Å²) in [5.41, 5.74) is -1.01. The number of β-amino-alcohol motifs (C(OH)–C–C–N with tert-alkyl or cyclic N) is 1. The predicted octanol–water partition coefficient (Wildman–Crippen LogP) is 0.870. The van der Waals surface area contributed by atoms with E-state index in [-0.39, 0.29) is 13.1 Å². The van der Waals surface area contributed by atoms with Crippen LogP contribution in [-0.2, 0) is 0 Å². The summed E-state index contributed by atoms with van der Waals surface area (Å²) >= 11 is 0. The molecule has 2 rings (SSSR count). The highest BCUT2D eigenvalue weighted by atomic mass is 19.2. The Morgan fingerprint density at radius 2 is 1.79 bits per heavy atom. The summed E-state index contributed by atoms with van der Waals surface area (Å²) in [6.45, 7) is 0.301. The van der Waals surface area contributed by atoms with Crippen LogP contribution < -0.4 is 0 Å². The summed E-state index contributed by atoms with van der Waals surface area (Å²) in [4.78, 5) is 24.2. The van der Waals surface area contributed by atoms with Crippen LogP contribution in [0.4, 0.5) is 8.78 Å². The van der Waals surface area contributed by atoms with E-state index in [0.717, 1.165) is 0 Å². The van der Waals surface area contributed by atoms with Gasteiger partial charge in [0, 0.05) is 13.1 Å². The number of hydrogen-bond donors (Lipinski definition) is 2. The Bertz CT molecular complexity index is 547. The monoisotopic (exact) mass is 271 g/mol. The SMILES string of the molecule is O=C(O)c1cc(F)c(F)cc1C(=O)N1CCC(O)C1. The van der Waals surface area contributed by atoms with Crippen LogP contribution in [-0.4, -0.2) is 46.2 Å². The minimum atomic E-state index is -1.51. The van der Waals surface area contributed by atoms with Crippen LogP contribution in [0.3, 0.4) is 0 Å². The second-order valence-corrected chi connectivity index (χ2v) is 4.31. The molecule has 0 bridgehead atoms. The molecule has 1 fully saturated rings. The average molecular weight is 271 g/mol. The van der Waals surface area contributed by atoms with Crippen LogP contribution in [0, 0.1) is 11.6 Å². The van der Waals surface area contributed by atoms with Gasteiger partial charge in [-0.15, -0.1) is 0 Å². The molecule has 7 heteroatoms. The van der Waals surface area contributed by atoms with E-state index >= 15 is 0 Å². The van der Waals surface area contributed by atoms with Crippen molar-refractivity contribution in [3.05, 3.63) is 34.9 Å². The second kappa shape index (κ2) is 4.93. The van der Waals surface area contributed by atoms with E-state index in [1.54, 1.807) is 0 Å². The lowest BCUT2D eigenvalue weighted by Gasteiger charge is -2.17. The van der Waals surface area contributed by atoms with Crippen molar-refractivity contribution in [1.82, 2.24) is 4.90 Å². The molecular weight excluding hydrogens is 260 g/mol. The topological polar surface area (TPSA) is 77.8 Å². The van der Waals surface area contributed by atoms with Gasteiger partial charge in [0.1, 0.15) is 0 Å². The molecule has 102 valence electrons. The van der Waals surface area contributed by atoms with Gasteiger partial charge in [0.2, 0.25) is 0 Å². The second-order valence-electron chi connectivity index (χ2n) is 4.31. The van der Waals surface area contributed by atoms with Gasteiger partial charge >= 0.3 is 5.97 Å². The molecule has 1 unspecified atom stereocenters. The van der Waals surface area contributed by atoms with Crippen molar-refractivity contribution in [3.63, 3.8) is 0 Å². The Kier molecular flexibility index (Phi) is 3.48. The smallest absolute Gasteiger partial charge is 0.336 e. The number of likely N-dealkylation sites (tertiary alicyclic amines) is 1. The zero-order valence-electron chi connectivity index (χ0n) is 9.77. The Morgan fingerprint density at radius 3 is 2.26 bits per heavy atom. The molecule has 0 radical (unpaired) electrons. The molecule has 1 aliphatic rings. The van der Waals surface area contributed by atoms with Crippen LogP contribution >= 0.6 is 0 Å². The van der Waals surface area contributed by atoms with Crippen molar-refractivity contribution < 1.29 is 28.6 Å². The molecule has 0 aromatic heterocycles. The van der Waals surface area contributed by atoms with E-state index in [4.69, 9.17) is 5.11 Å². The molecule has 19 heavy (non-hydrogen) atoms. The fourth-order valence-electron chi connectivity index (χ4n) is 2.00. The first-order chi connectivity index (χ1) is 8.90. The van der Waals surface area contributed by atoms with Crippen molar-refractivity contribution in [2.75, 3.05) is 13.1 Å². The predicted molar refractivity (Wildman–Crippen MR) is 59.8 cm³/mol. The number of aromatic carboxylic acids is 1. The summed E-state index contributed by atoms with van der Waals surface area (Å²) in [7, 11) is 0. The molecule has 1 aromatic carbocycles. The summed E-state index contributed by atoms with van der Waals surface area (Å²) in [6.07, 6.45) is -0.305. The summed E-state index contributed by atoms with van der Waals surface area (Å²) in [6, 6.07) is 1.06. The molecule has 1 heterocycles. The van der Waals surface area contributed by atoms with Crippen LogP contribution in [0.1, 0.15) is 27.1 Å². The maximum absolute atomic E-state index is 13.2. The summed E-state index contributed by atoms with van der Waals surface area (Å²) in [5.74, 6) is -4.85. The van der Waals surface area contributed by atoms with E-state index in [1.807, 2.05) is 0 Å². The maximum atomic E-state index is 13.2. The van der Waals surface area contributed by atoms with Gasteiger partial charge in [-0.2, -0.15) is 0 Å². The van der Waals surface area contributed by atoms with E-state index in [9.17, 15) is 23.5 Å². The highest BCUT2D eigenvalue weighted by molar-refractivity contribution is 6.04. The minimum Gasteiger partial charge on any atom is -0.478 e. The fraction of sp³-hybridized carbons (Fsp3) is 0.333. The molecule has 5 nitrogen and oxygen atoms in total. The quantitative estimate of drug-likeness (QED) is 0.836. The number of aliphatic hydroxyl groups excluding tert-OH is 1. The molecule has 1 aliphatic heterocycles. The fourth-order valence-corrected chi connectivity index (χ4v) is 2.00. The number of halogens is 2. The van der Waals surface area contributed by atoms with Crippen molar-refractivity contribution in [2.45, 2.75) is 12.5 Å². The number of benzene rings is 1. The third-order valence-corrected chi connectivity index (χ3v) is 2.97. The highest BCUT2D eigenvalue weighted by Gasteiger charge is 2.29. The average Bonchev–Trinajstić information content (AvgIpc) is 2.77. The molecule has 1 aromatic rings. The lowest BCUT2D eigenvalue weighted by molar-refractivity contribution is 0.0677. The number of carbonyl (C=O) groups excluding carboxylic acids is 1. The van der Waals surface area contributed by atoms with Gasteiger partial charge in [0.05, 0.1) is 17.2 Å². The van der Waals surface area contributed by atoms with Crippen molar-refractivity contribution in [3.8, 4) is 0 Å². The van der Waals surface area contributed by atoms with Crippen molar-refractivity contribution >= 4 is 11.9 Å². The first kappa shape index (κ1) is 13.4. The molecule has 0 saturated carbocycles. The van der Waals surface area contributed by atoms with Crippen LogP contribution in [0.2, 0.25) is 0 Å². The zero-order valence-corrected chi connectivity index (χ0v) is 9.77. The lowest BCUT2D eigenvalue weighted by Crippen LogP contribution is -2.31. The standard InChI is InChI=1S/C12H11F2NO4/c13-9-3-7(8(12(18)19)4-10(9)14)11(17)15-2-1-6(16)5-15/h3-4,6,16H,1-2,5H2,(H,18,19). The largest absolute Gasteiger partial charge is 0.478 e. The van der Waals surface area contributed by atoms with Crippen LogP contribution in [0.15, 0.2) is 12.1 Å². The van der Waals surface area contributed by atoms with Gasteiger partial charge in [-0.1, -0.05) is 0 Å². The van der Waals surface area contributed by atoms with E-state index in [2.05, 4.69) is 0 Å². The number of carboxylic acid groups (broad SMARTS) is 1. The Balaban J connectivity index is 2.40. The third kappa shape index (κ3) is 2.55. The van der Waals surface area contributed by atoms with Crippen molar-refractivity contribution in [2.24, 2.45) is 0 Å². The van der Waals surface area contributed by atoms with Gasteiger partial charge < -0.3 is 15.1 Å². The number of carbonyl (C=O) groups is 2. The third-order valence-electron chi connectivity index (χ3n) is 2.97. The van der Waals surface area contributed by atoms with Gasteiger partial charge in [0.15, 0.2) is 11.6 Å². The van der Waals surface area contributed by atoms with Crippen molar-refractivity contribution in [1.29, 1.82) is 0 Å². The number of nitrogens with zero attached hydrogens (tertiary/aromatic N) is 1. The zero-order chi connectivity index (χ0) is 14.2. The van der Waals surface area contributed by atoms with Gasteiger partial charge in [-0.25, -0.2) is 13.6 Å². The molecule has 2 N–H and O–H groups in total. The lowest BCUT2D eigenvalue weighted by atomic mass is 10.1. The summed E-state index contributed by atoms with van der Waals surface area (Å²) < 4.78 is 26.2. The van der Waals surface area contributed by atoms with Gasteiger partial charge in [-0.05, 0) is 18.6 Å². The number of amides is 1. The van der Waals surface area contributed by atoms with Gasteiger partial charge in [0.25, 0.3) is 5.91 Å². The number of aliphatic hydroxyl groups is 1. The minimum absolute atomic E-state index is 0.0525. The van der Waals surface area contributed by atoms with Crippen LogP contribution in [0.25, 0.3) is 0 Å². The molecule has 0 spiro atoms. The Labute approximate surface area is 107 Å². The van der Waals surface area contributed by atoms with Gasteiger partial charge in [-0.3, -0.25) is 4.79 Å². The highest BCUT2D eigenvalue weighted by Crippen LogP contribution is 2.20. The number of carboxylic acids is 1. The first-order valence-corrected chi connectivity index (χ1v) is 5.60. The van der Waals surface area contributed by atoms with E-state index in [0.29, 0.717) is 18.6 Å². The normalized spacial score (nSPS) is 18.7. The number of hydrogen-bond acceptors (Lipinski definition) is 3. The molecular formula is C12H11F2NO4. The number of rotatable bonds is 2. The van der Waals surface area contributed by atoms with Crippen LogP contribution in [0.5, 0.6) is 0 Å². The molecule has 1 atom stereocenters. The molecule has 1 amide bonds. The van der Waals surface area contributed by atoms with E-state index < -0.39 is 40.7 Å². The molecule has 1 saturated heterocycles.